The Bertz CT molecular complexity index is 312. The van der Waals surface area contributed by atoms with Crippen LogP contribution in [0.2, 0.25) is 0 Å². The van der Waals surface area contributed by atoms with Crippen molar-refractivity contribution in [2.75, 3.05) is 0 Å². The van der Waals surface area contributed by atoms with Crippen molar-refractivity contribution in [2.24, 2.45) is 5.73 Å². The summed E-state index contributed by atoms with van der Waals surface area (Å²) in [6, 6.07) is 3.68. The van der Waals surface area contributed by atoms with Crippen LogP contribution in [0.4, 0.5) is 8.78 Å². The van der Waals surface area contributed by atoms with Crippen molar-refractivity contribution in [3.63, 3.8) is 0 Å². The van der Waals surface area contributed by atoms with Crippen LogP contribution in [0, 0.1) is 11.6 Å². The summed E-state index contributed by atoms with van der Waals surface area (Å²) in [6.45, 7) is 2.11. The van der Waals surface area contributed by atoms with Crippen molar-refractivity contribution in [1.29, 1.82) is 0 Å². The first-order valence-corrected chi connectivity index (χ1v) is 5.35. The lowest BCUT2D eigenvalue weighted by Crippen LogP contribution is -2.10. The molecule has 0 bridgehead atoms. The summed E-state index contributed by atoms with van der Waals surface area (Å²) >= 11 is 0. The van der Waals surface area contributed by atoms with Crippen LogP contribution >= 0.6 is 0 Å². The van der Waals surface area contributed by atoms with Gasteiger partial charge in [-0.3, -0.25) is 0 Å². The van der Waals surface area contributed by atoms with Gasteiger partial charge in [-0.05, 0) is 24.1 Å². The Kier molecular flexibility index (Phi) is 4.69. The van der Waals surface area contributed by atoms with E-state index >= 15 is 0 Å². The Morgan fingerprint density at radius 1 is 1.20 bits per heavy atom. The zero-order valence-electron chi connectivity index (χ0n) is 8.97. The first-order chi connectivity index (χ1) is 7.15. The molecule has 0 amide bonds. The number of rotatable bonds is 5. The third-order valence-corrected chi connectivity index (χ3v) is 2.49. The molecule has 3 heteroatoms. The summed E-state index contributed by atoms with van der Waals surface area (Å²) in [5, 5.41) is 0. The second-order valence-electron chi connectivity index (χ2n) is 3.78. The minimum absolute atomic E-state index is 0.188. The highest BCUT2D eigenvalue weighted by atomic mass is 19.2. The number of nitrogens with two attached hydrogens (primary N) is 1. The monoisotopic (exact) mass is 213 g/mol. The Morgan fingerprint density at radius 2 is 1.93 bits per heavy atom. The van der Waals surface area contributed by atoms with E-state index in [0.29, 0.717) is 5.56 Å². The molecule has 1 atom stereocenters. The summed E-state index contributed by atoms with van der Waals surface area (Å²) in [5.74, 6) is -1.64. The fourth-order valence-electron chi connectivity index (χ4n) is 1.52. The van der Waals surface area contributed by atoms with Crippen LogP contribution in [-0.2, 0) is 0 Å². The van der Waals surface area contributed by atoms with Crippen LogP contribution in [0.5, 0.6) is 0 Å². The molecule has 1 rings (SSSR count). The van der Waals surface area contributed by atoms with E-state index in [9.17, 15) is 8.78 Å². The second-order valence-corrected chi connectivity index (χ2v) is 3.78. The largest absolute Gasteiger partial charge is 0.324 e. The Balaban J connectivity index is 2.57. The van der Waals surface area contributed by atoms with E-state index in [0.717, 1.165) is 31.7 Å². The van der Waals surface area contributed by atoms with E-state index in [1.54, 1.807) is 6.07 Å². The second kappa shape index (κ2) is 5.81. The van der Waals surface area contributed by atoms with E-state index in [1.807, 2.05) is 0 Å². The summed E-state index contributed by atoms with van der Waals surface area (Å²) in [4.78, 5) is 0. The van der Waals surface area contributed by atoms with E-state index in [4.69, 9.17) is 5.73 Å². The summed E-state index contributed by atoms with van der Waals surface area (Å²) in [7, 11) is 0. The van der Waals surface area contributed by atoms with Gasteiger partial charge in [0, 0.05) is 6.04 Å². The fraction of sp³-hybridized carbons (Fsp3) is 0.500. The van der Waals surface area contributed by atoms with Gasteiger partial charge in [-0.2, -0.15) is 0 Å². The highest BCUT2D eigenvalue weighted by Crippen LogP contribution is 2.19. The van der Waals surface area contributed by atoms with Gasteiger partial charge < -0.3 is 5.73 Å². The molecule has 0 saturated carbocycles. The molecular weight excluding hydrogens is 196 g/mol. The molecule has 2 N–H and O–H groups in total. The number of hydrogen-bond acceptors (Lipinski definition) is 1. The lowest BCUT2D eigenvalue weighted by molar-refractivity contribution is 0.502. The van der Waals surface area contributed by atoms with Crippen molar-refractivity contribution >= 4 is 0 Å². The first kappa shape index (κ1) is 12.1. The zero-order chi connectivity index (χ0) is 11.3. The third kappa shape index (κ3) is 3.59. The Morgan fingerprint density at radius 3 is 2.53 bits per heavy atom. The van der Waals surface area contributed by atoms with Gasteiger partial charge in [-0.25, -0.2) is 8.78 Å². The van der Waals surface area contributed by atoms with Crippen LogP contribution in [0.15, 0.2) is 18.2 Å². The molecule has 0 aliphatic heterocycles. The van der Waals surface area contributed by atoms with Crippen LogP contribution in [0.1, 0.15) is 44.2 Å². The molecule has 1 aromatic carbocycles. The Labute approximate surface area is 89.3 Å². The van der Waals surface area contributed by atoms with Gasteiger partial charge in [0.05, 0.1) is 0 Å². The highest BCUT2D eigenvalue weighted by molar-refractivity contribution is 5.20. The summed E-state index contributed by atoms with van der Waals surface area (Å²) in [5.41, 5.74) is 6.54. The molecule has 1 nitrogen and oxygen atoms in total. The predicted molar refractivity (Wildman–Crippen MR) is 57.4 cm³/mol. The maximum atomic E-state index is 12.9. The fourth-order valence-corrected chi connectivity index (χ4v) is 1.52. The van der Waals surface area contributed by atoms with Gasteiger partial charge >= 0.3 is 0 Å². The molecule has 0 aliphatic carbocycles. The molecule has 0 saturated heterocycles. The molecule has 1 aromatic rings. The standard InChI is InChI=1S/C12H17F2N/c1-2-3-4-5-12(15)9-6-7-10(13)11(14)8-9/h6-8,12H,2-5,15H2,1H3/t12-/m1/s1. The van der Waals surface area contributed by atoms with Gasteiger partial charge in [0.25, 0.3) is 0 Å². The molecule has 0 heterocycles. The molecule has 0 aliphatic rings. The molecule has 0 unspecified atom stereocenters. The lowest BCUT2D eigenvalue weighted by atomic mass is 10.0. The van der Waals surface area contributed by atoms with Gasteiger partial charge in [0.1, 0.15) is 0 Å². The van der Waals surface area contributed by atoms with Crippen LogP contribution < -0.4 is 5.73 Å². The van der Waals surface area contributed by atoms with Gasteiger partial charge in [0.15, 0.2) is 11.6 Å². The lowest BCUT2D eigenvalue weighted by Gasteiger charge is -2.11. The quantitative estimate of drug-likeness (QED) is 0.744. The smallest absolute Gasteiger partial charge is 0.159 e. The molecule has 15 heavy (non-hydrogen) atoms. The SMILES string of the molecule is CCCCC[C@@H](N)c1ccc(F)c(F)c1. The highest BCUT2D eigenvalue weighted by Gasteiger charge is 2.08. The number of benzene rings is 1. The van der Waals surface area contributed by atoms with Crippen LogP contribution in [-0.4, -0.2) is 0 Å². The van der Waals surface area contributed by atoms with E-state index in [1.165, 1.54) is 6.07 Å². The minimum Gasteiger partial charge on any atom is -0.324 e. The molecular formula is C12H17F2N. The predicted octanol–water partition coefficient (Wildman–Crippen LogP) is 3.54. The normalized spacial score (nSPS) is 12.8. The van der Waals surface area contributed by atoms with Crippen molar-refractivity contribution in [2.45, 2.75) is 38.6 Å². The van der Waals surface area contributed by atoms with Crippen LogP contribution in [0.3, 0.4) is 0 Å². The number of halogens is 2. The summed E-state index contributed by atoms with van der Waals surface area (Å²) in [6.07, 6.45) is 4.09. The van der Waals surface area contributed by atoms with Crippen molar-refractivity contribution in [1.82, 2.24) is 0 Å². The maximum Gasteiger partial charge on any atom is 0.159 e. The van der Waals surface area contributed by atoms with Crippen molar-refractivity contribution in [3.05, 3.63) is 35.4 Å². The molecule has 0 spiro atoms. The zero-order valence-corrected chi connectivity index (χ0v) is 8.97. The molecule has 0 fully saturated rings. The Hall–Kier alpha value is -0.960. The van der Waals surface area contributed by atoms with E-state index in [2.05, 4.69) is 6.92 Å². The summed E-state index contributed by atoms with van der Waals surface area (Å²) < 4.78 is 25.6. The maximum absolute atomic E-state index is 12.9. The molecule has 84 valence electrons. The third-order valence-electron chi connectivity index (χ3n) is 2.49. The van der Waals surface area contributed by atoms with Crippen LogP contribution in [0.25, 0.3) is 0 Å². The number of unbranched alkanes of at least 4 members (excludes halogenated alkanes) is 2. The van der Waals surface area contributed by atoms with Gasteiger partial charge in [0.2, 0.25) is 0 Å². The van der Waals surface area contributed by atoms with E-state index < -0.39 is 11.6 Å². The van der Waals surface area contributed by atoms with Crippen molar-refractivity contribution < 1.29 is 8.78 Å². The topological polar surface area (TPSA) is 26.0 Å². The van der Waals surface area contributed by atoms with Gasteiger partial charge in [-0.15, -0.1) is 0 Å². The van der Waals surface area contributed by atoms with Gasteiger partial charge in [-0.1, -0.05) is 32.3 Å². The van der Waals surface area contributed by atoms with E-state index in [-0.39, 0.29) is 6.04 Å². The number of hydrogen-bond donors (Lipinski definition) is 1. The average molecular weight is 213 g/mol. The van der Waals surface area contributed by atoms with Crippen molar-refractivity contribution in [3.8, 4) is 0 Å². The minimum atomic E-state index is -0.821. The first-order valence-electron chi connectivity index (χ1n) is 5.35. The molecule has 0 radical (unpaired) electrons. The average Bonchev–Trinajstić information content (AvgIpc) is 2.22. The molecule has 0 aromatic heterocycles.